The summed E-state index contributed by atoms with van der Waals surface area (Å²) in [6, 6.07) is 14.7. The summed E-state index contributed by atoms with van der Waals surface area (Å²) in [6.07, 6.45) is 1.90. The number of rotatable bonds is 7. The van der Waals surface area contributed by atoms with Crippen molar-refractivity contribution in [3.63, 3.8) is 0 Å². The second kappa shape index (κ2) is 7.83. The molecule has 0 aliphatic rings. The number of carbonyl (C=O) groups excluding carboxylic acids is 1. The second-order valence-corrected chi connectivity index (χ2v) is 7.24. The van der Waals surface area contributed by atoms with Crippen LogP contribution in [0.2, 0.25) is 0 Å². The predicted molar refractivity (Wildman–Crippen MR) is 104 cm³/mol. The van der Waals surface area contributed by atoms with Crippen molar-refractivity contribution >= 4 is 11.5 Å². The van der Waals surface area contributed by atoms with Crippen LogP contribution in [0, 0.1) is 0 Å². The molecule has 0 unspecified atom stereocenters. The molecule has 2 rings (SSSR count). The number of Topliss-reactive ketones (excluding diaryl/α,β-unsaturated/α-hetero) is 1. The molecule has 0 saturated carbocycles. The standard InChI is InChI=1S/C22H29NO2/c1-7-22(3,4)20-10-8-17(9-11-20)12-18-13-19(16(2)24)15-21(14-18)23(5)25-6/h8-11,13-15H,7,12H2,1-6H3. The van der Waals surface area contributed by atoms with Crippen molar-refractivity contribution in [2.24, 2.45) is 0 Å². The molecule has 0 aliphatic carbocycles. The predicted octanol–water partition coefficient (Wildman–Crippen LogP) is 5.17. The molecule has 0 aliphatic heterocycles. The molecular weight excluding hydrogens is 310 g/mol. The monoisotopic (exact) mass is 339 g/mol. The van der Waals surface area contributed by atoms with Crippen LogP contribution in [-0.4, -0.2) is 19.9 Å². The quantitative estimate of drug-likeness (QED) is 0.515. The van der Waals surface area contributed by atoms with Gasteiger partial charge in [-0.1, -0.05) is 45.0 Å². The third-order valence-electron chi connectivity index (χ3n) is 5.05. The van der Waals surface area contributed by atoms with Crippen LogP contribution in [0.15, 0.2) is 42.5 Å². The highest BCUT2D eigenvalue weighted by Gasteiger charge is 2.17. The van der Waals surface area contributed by atoms with E-state index in [2.05, 4.69) is 51.1 Å². The molecule has 3 nitrogen and oxygen atoms in total. The zero-order valence-electron chi connectivity index (χ0n) is 16.2. The first kappa shape index (κ1) is 19.2. The van der Waals surface area contributed by atoms with Crippen LogP contribution in [0.4, 0.5) is 5.69 Å². The molecule has 0 N–H and O–H groups in total. The van der Waals surface area contributed by atoms with E-state index in [-0.39, 0.29) is 11.2 Å². The summed E-state index contributed by atoms with van der Waals surface area (Å²) in [5, 5.41) is 1.67. The van der Waals surface area contributed by atoms with E-state index in [1.54, 1.807) is 19.1 Å². The van der Waals surface area contributed by atoms with Crippen molar-refractivity contribution in [1.82, 2.24) is 0 Å². The normalized spacial score (nSPS) is 11.4. The Labute approximate surface area is 151 Å². The van der Waals surface area contributed by atoms with Crippen molar-refractivity contribution in [2.75, 3.05) is 19.2 Å². The lowest BCUT2D eigenvalue weighted by molar-refractivity contribution is 0.101. The number of hydrogen-bond donors (Lipinski definition) is 0. The minimum Gasteiger partial charge on any atom is -0.295 e. The Kier molecular flexibility index (Phi) is 6.02. The molecule has 2 aromatic rings. The lowest BCUT2D eigenvalue weighted by atomic mass is 9.82. The maximum atomic E-state index is 11.8. The first-order valence-corrected chi connectivity index (χ1v) is 8.79. The van der Waals surface area contributed by atoms with Gasteiger partial charge in [-0.05, 0) is 60.1 Å². The summed E-state index contributed by atoms with van der Waals surface area (Å²) in [6.45, 7) is 8.35. The Bertz CT molecular complexity index is 732. The first-order valence-electron chi connectivity index (χ1n) is 8.79. The molecule has 0 radical (unpaired) electrons. The van der Waals surface area contributed by atoms with Crippen molar-refractivity contribution in [3.8, 4) is 0 Å². The van der Waals surface area contributed by atoms with Crippen molar-refractivity contribution in [3.05, 3.63) is 64.7 Å². The molecule has 2 aromatic carbocycles. The average Bonchev–Trinajstić information content (AvgIpc) is 2.61. The van der Waals surface area contributed by atoms with Crippen molar-refractivity contribution in [1.29, 1.82) is 0 Å². The minimum atomic E-state index is 0.0626. The van der Waals surface area contributed by atoms with Crippen LogP contribution in [0.3, 0.4) is 0 Å². The van der Waals surface area contributed by atoms with Crippen LogP contribution in [-0.2, 0) is 16.7 Å². The van der Waals surface area contributed by atoms with Gasteiger partial charge in [-0.3, -0.25) is 14.7 Å². The number of ketones is 1. The number of anilines is 1. The third kappa shape index (κ3) is 4.70. The minimum absolute atomic E-state index is 0.0626. The molecule has 0 amide bonds. The Morgan fingerprint density at radius 3 is 2.24 bits per heavy atom. The molecule has 0 spiro atoms. The molecule has 25 heavy (non-hydrogen) atoms. The molecule has 0 heterocycles. The van der Waals surface area contributed by atoms with Gasteiger partial charge in [-0.2, -0.15) is 0 Å². The fourth-order valence-corrected chi connectivity index (χ4v) is 2.78. The second-order valence-electron chi connectivity index (χ2n) is 7.24. The summed E-state index contributed by atoms with van der Waals surface area (Å²) < 4.78 is 0. The lowest BCUT2D eigenvalue weighted by Crippen LogP contribution is -2.16. The van der Waals surface area contributed by atoms with Crippen molar-refractivity contribution < 1.29 is 9.63 Å². The molecule has 0 aromatic heterocycles. The molecule has 0 saturated heterocycles. The fraction of sp³-hybridized carbons (Fsp3) is 0.409. The largest absolute Gasteiger partial charge is 0.295 e. The molecule has 134 valence electrons. The highest BCUT2D eigenvalue weighted by molar-refractivity contribution is 5.95. The maximum Gasteiger partial charge on any atom is 0.159 e. The summed E-state index contributed by atoms with van der Waals surface area (Å²) in [7, 11) is 3.46. The first-order chi connectivity index (χ1) is 11.8. The van der Waals surface area contributed by atoms with E-state index < -0.39 is 0 Å². The van der Waals surface area contributed by atoms with Crippen LogP contribution >= 0.6 is 0 Å². The van der Waals surface area contributed by atoms with E-state index in [1.807, 2.05) is 19.2 Å². The van der Waals surface area contributed by atoms with Gasteiger partial charge in [-0.15, -0.1) is 0 Å². The summed E-state index contributed by atoms with van der Waals surface area (Å²) in [4.78, 5) is 17.1. The van der Waals surface area contributed by atoms with Crippen LogP contribution in [0.25, 0.3) is 0 Å². The molecule has 0 fully saturated rings. The third-order valence-corrected chi connectivity index (χ3v) is 5.05. The van der Waals surface area contributed by atoms with Crippen LogP contribution in [0.1, 0.15) is 61.2 Å². The Hall–Kier alpha value is -2.13. The van der Waals surface area contributed by atoms with E-state index in [4.69, 9.17) is 4.84 Å². The highest BCUT2D eigenvalue weighted by Crippen LogP contribution is 2.27. The maximum absolute atomic E-state index is 11.8. The van der Waals surface area contributed by atoms with Gasteiger partial charge in [-0.25, -0.2) is 0 Å². The van der Waals surface area contributed by atoms with Gasteiger partial charge in [0.25, 0.3) is 0 Å². The van der Waals surface area contributed by atoms with Crippen LogP contribution in [0.5, 0.6) is 0 Å². The number of carbonyl (C=O) groups is 1. The average molecular weight is 339 g/mol. The topological polar surface area (TPSA) is 29.5 Å². The summed E-state index contributed by atoms with van der Waals surface area (Å²) in [5.74, 6) is 0.0626. The Morgan fingerprint density at radius 1 is 1.08 bits per heavy atom. The van der Waals surface area contributed by atoms with Crippen molar-refractivity contribution in [2.45, 2.75) is 46.0 Å². The van der Waals surface area contributed by atoms with Gasteiger partial charge in [0.15, 0.2) is 5.78 Å². The number of hydrogen-bond acceptors (Lipinski definition) is 3. The molecule has 0 bridgehead atoms. The van der Waals surface area contributed by atoms with E-state index >= 15 is 0 Å². The highest BCUT2D eigenvalue weighted by atomic mass is 16.7. The van der Waals surface area contributed by atoms with E-state index in [0.717, 1.165) is 24.1 Å². The molecule has 0 atom stereocenters. The van der Waals surface area contributed by atoms with Gasteiger partial charge in [0.1, 0.15) is 0 Å². The Morgan fingerprint density at radius 2 is 1.72 bits per heavy atom. The SMILES string of the molecule is CCC(C)(C)c1ccc(Cc2cc(C(C)=O)cc(N(C)OC)c2)cc1. The Balaban J connectivity index is 2.30. The zero-order valence-corrected chi connectivity index (χ0v) is 16.2. The fourth-order valence-electron chi connectivity index (χ4n) is 2.78. The smallest absolute Gasteiger partial charge is 0.159 e. The number of benzene rings is 2. The van der Waals surface area contributed by atoms with Gasteiger partial charge in [0.2, 0.25) is 0 Å². The van der Waals surface area contributed by atoms with Crippen LogP contribution < -0.4 is 5.06 Å². The van der Waals surface area contributed by atoms with E-state index in [0.29, 0.717) is 5.56 Å². The van der Waals surface area contributed by atoms with E-state index in [9.17, 15) is 4.79 Å². The van der Waals surface area contributed by atoms with Gasteiger partial charge in [0, 0.05) is 12.6 Å². The summed E-state index contributed by atoms with van der Waals surface area (Å²) in [5.41, 5.74) is 5.49. The van der Waals surface area contributed by atoms with E-state index in [1.165, 1.54) is 11.1 Å². The number of nitrogens with zero attached hydrogens (tertiary/aromatic N) is 1. The molecule has 3 heteroatoms. The van der Waals surface area contributed by atoms with Gasteiger partial charge < -0.3 is 0 Å². The summed E-state index contributed by atoms with van der Waals surface area (Å²) >= 11 is 0. The van der Waals surface area contributed by atoms with Gasteiger partial charge >= 0.3 is 0 Å². The zero-order chi connectivity index (χ0) is 18.6. The molecular formula is C22H29NO2. The van der Waals surface area contributed by atoms with Gasteiger partial charge in [0.05, 0.1) is 12.8 Å². The number of hydroxylamine groups is 1. The lowest BCUT2D eigenvalue weighted by Gasteiger charge is -2.23.